The van der Waals surface area contributed by atoms with Gasteiger partial charge in [0.1, 0.15) is 28.5 Å². The van der Waals surface area contributed by atoms with Crippen molar-refractivity contribution in [2.45, 2.75) is 13.5 Å². The second-order valence-corrected chi connectivity index (χ2v) is 5.15. The summed E-state index contributed by atoms with van der Waals surface area (Å²) in [6.07, 6.45) is 1.48. The molecule has 1 aliphatic rings. The van der Waals surface area contributed by atoms with E-state index in [0.29, 0.717) is 23.1 Å². The van der Waals surface area contributed by atoms with Crippen LogP contribution < -0.4 is 15.8 Å². The van der Waals surface area contributed by atoms with Crippen LogP contribution in [0.3, 0.4) is 0 Å². The Bertz CT molecular complexity index is 775. The minimum atomic E-state index is -0.111. The second kappa shape index (κ2) is 5.22. The molecule has 3 heterocycles. The van der Waals surface area contributed by atoms with Crippen LogP contribution in [0.15, 0.2) is 11.1 Å². The molecule has 7 heteroatoms. The van der Waals surface area contributed by atoms with Gasteiger partial charge in [0.25, 0.3) is 5.56 Å². The normalized spacial score (nSPS) is 15.4. The van der Waals surface area contributed by atoms with Crippen molar-refractivity contribution < 1.29 is 0 Å². The van der Waals surface area contributed by atoms with Crippen molar-refractivity contribution in [3.05, 3.63) is 22.2 Å². The van der Waals surface area contributed by atoms with Gasteiger partial charge in [0.05, 0.1) is 6.33 Å². The Morgan fingerprint density at radius 1 is 1.43 bits per heavy atom. The molecule has 0 aliphatic carbocycles. The number of hydrogen-bond donors (Lipinski definition) is 1. The molecule has 21 heavy (non-hydrogen) atoms. The molecule has 2 aromatic rings. The lowest BCUT2D eigenvalue weighted by atomic mass is 10.2. The smallest absolute Gasteiger partial charge is 0.277 e. The molecule has 0 aromatic carbocycles. The first-order valence-electron chi connectivity index (χ1n) is 7.12. The summed E-state index contributed by atoms with van der Waals surface area (Å²) in [5, 5.41) is 12.9. The summed E-state index contributed by atoms with van der Waals surface area (Å²) >= 11 is 0. The number of fused-ring (bicyclic) bond motifs is 1. The summed E-state index contributed by atoms with van der Waals surface area (Å²) in [5.41, 5.74) is 1.43. The third-order valence-corrected chi connectivity index (χ3v) is 3.94. The van der Waals surface area contributed by atoms with Crippen molar-refractivity contribution in [3.8, 4) is 6.07 Å². The van der Waals surface area contributed by atoms with E-state index >= 15 is 0 Å². The van der Waals surface area contributed by atoms with Crippen molar-refractivity contribution in [1.29, 1.82) is 5.26 Å². The van der Waals surface area contributed by atoms with Gasteiger partial charge in [-0.05, 0) is 6.92 Å². The van der Waals surface area contributed by atoms with Crippen LogP contribution in [0.1, 0.15) is 12.5 Å². The maximum Gasteiger partial charge on any atom is 0.277 e. The van der Waals surface area contributed by atoms with Gasteiger partial charge < -0.3 is 19.4 Å². The van der Waals surface area contributed by atoms with E-state index in [0.717, 1.165) is 32.0 Å². The zero-order chi connectivity index (χ0) is 15.0. The molecule has 1 saturated heterocycles. The van der Waals surface area contributed by atoms with E-state index in [1.54, 1.807) is 7.05 Å². The summed E-state index contributed by atoms with van der Waals surface area (Å²) in [6.45, 7) is 6.02. The maximum atomic E-state index is 12.4. The molecule has 0 saturated carbocycles. The van der Waals surface area contributed by atoms with Gasteiger partial charge in [-0.1, -0.05) is 0 Å². The summed E-state index contributed by atoms with van der Waals surface area (Å²) in [4.78, 5) is 18.9. The lowest BCUT2D eigenvalue weighted by Gasteiger charge is -2.30. The first-order valence-corrected chi connectivity index (χ1v) is 7.12. The van der Waals surface area contributed by atoms with Crippen LogP contribution in [0.2, 0.25) is 0 Å². The van der Waals surface area contributed by atoms with Crippen LogP contribution in [0.25, 0.3) is 11.0 Å². The quantitative estimate of drug-likeness (QED) is 0.843. The van der Waals surface area contributed by atoms with Crippen molar-refractivity contribution in [2.24, 2.45) is 7.05 Å². The Labute approximate surface area is 122 Å². The minimum Gasteiger partial charge on any atom is -0.354 e. The highest BCUT2D eigenvalue weighted by Crippen LogP contribution is 2.29. The molecule has 3 rings (SSSR count). The van der Waals surface area contributed by atoms with E-state index in [2.05, 4.69) is 21.3 Å². The summed E-state index contributed by atoms with van der Waals surface area (Å²) in [6, 6.07) is 2.24. The van der Waals surface area contributed by atoms with Crippen LogP contribution in [-0.2, 0) is 13.6 Å². The number of aromatic nitrogens is 3. The van der Waals surface area contributed by atoms with Crippen molar-refractivity contribution >= 4 is 16.9 Å². The predicted octanol–water partition coefficient (Wildman–Crippen LogP) is 0.0362. The van der Waals surface area contributed by atoms with Gasteiger partial charge in [-0.15, -0.1) is 0 Å². The fraction of sp³-hybridized carbons (Fsp3) is 0.500. The van der Waals surface area contributed by atoms with E-state index in [1.165, 1.54) is 10.9 Å². The Kier molecular flexibility index (Phi) is 3.39. The highest BCUT2D eigenvalue weighted by molar-refractivity contribution is 5.89. The Balaban J connectivity index is 2.35. The topological polar surface area (TPSA) is 78.9 Å². The van der Waals surface area contributed by atoms with E-state index < -0.39 is 0 Å². The molecule has 1 aliphatic heterocycles. The highest BCUT2D eigenvalue weighted by atomic mass is 16.1. The monoisotopic (exact) mass is 286 g/mol. The Morgan fingerprint density at radius 3 is 2.76 bits per heavy atom. The maximum absolute atomic E-state index is 12.4. The molecule has 7 nitrogen and oxygen atoms in total. The lowest BCUT2D eigenvalue weighted by Crippen LogP contribution is -2.44. The number of nitriles is 1. The Morgan fingerprint density at radius 2 is 2.14 bits per heavy atom. The standard InChI is InChI=1S/C14H18N6O/c1-3-20-12-11(17-9-18(2)14(12)21)10(8-15)13(20)19-6-4-16-5-7-19/h9,16H,3-7H2,1-2H3. The van der Waals surface area contributed by atoms with Crippen molar-refractivity contribution in [1.82, 2.24) is 19.4 Å². The van der Waals surface area contributed by atoms with Gasteiger partial charge in [0.2, 0.25) is 0 Å². The van der Waals surface area contributed by atoms with Gasteiger partial charge in [-0.25, -0.2) is 4.98 Å². The molecular weight excluding hydrogens is 268 g/mol. The van der Waals surface area contributed by atoms with E-state index in [4.69, 9.17) is 0 Å². The van der Waals surface area contributed by atoms with Crippen LogP contribution >= 0.6 is 0 Å². The number of nitrogens with one attached hydrogen (secondary N) is 1. The molecule has 0 bridgehead atoms. The van der Waals surface area contributed by atoms with Crippen molar-refractivity contribution in [3.63, 3.8) is 0 Å². The molecule has 2 aromatic heterocycles. The summed E-state index contributed by atoms with van der Waals surface area (Å²) in [7, 11) is 1.68. The molecular formula is C14H18N6O. The average molecular weight is 286 g/mol. The number of piperazine rings is 1. The number of nitrogens with zero attached hydrogens (tertiary/aromatic N) is 5. The van der Waals surface area contributed by atoms with E-state index in [-0.39, 0.29) is 5.56 Å². The van der Waals surface area contributed by atoms with Gasteiger partial charge in [0.15, 0.2) is 0 Å². The summed E-state index contributed by atoms with van der Waals surface area (Å²) in [5.74, 6) is 0.826. The number of hydrogen-bond acceptors (Lipinski definition) is 5. The molecule has 110 valence electrons. The summed E-state index contributed by atoms with van der Waals surface area (Å²) < 4.78 is 3.38. The minimum absolute atomic E-state index is 0.111. The molecule has 1 N–H and O–H groups in total. The third-order valence-electron chi connectivity index (χ3n) is 3.94. The fourth-order valence-electron chi connectivity index (χ4n) is 2.92. The van der Waals surface area contributed by atoms with Crippen LogP contribution in [0.4, 0.5) is 5.82 Å². The van der Waals surface area contributed by atoms with Gasteiger partial charge in [-0.2, -0.15) is 5.26 Å². The van der Waals surface area contributed by atoms with Crippen molar-refractivity contribution in [2.75, 3.05) is 31.1 Å². The predicted molar refractivity (Wildman–Crippen MR) is 80.4 cm³/mol. The first-order chi connectivity index (χ1) is 10.2. The number of anilines is 1. The first kappa shape index (κ1) is 13.6. The fourth-order valence-corrected chi connectivity index (χ4v) is 2.92. The van der Waals surface area contributed by atoms with Crippen LogP contribution in [-0.4, -0.2) is 40.3 Å². The molecule has 0 radical (unpaired) electrons. The largest absolute Gasteiger partial charge is 0.354 e. The molecule has 1 fully saturated rings. The lowest BCUT2D eigenvalue weighted by molar-refractivity contribution is 0.574. The SMILES string of the molecule is CCn1c(N2CCNCC2)c(C#N)c2ncn(C)c(=O)c21. The highest BCUT2D eigenvalue weighted by Gasteiger charge is 2.25. The second-order valence-electron chi connectivity index (χ2n) is 5.15. The van der Waals surface area contributed by atoms with E-state index in [1.807, 2.05) is 11.5 Å². The van der Waals surface area contributed by atoms with Gasteiger partial charge in [0, 0.05) is 39.8 Å². The zero-order valence-corrected chi connectivity index (χ0v) is 12.3. The van der Waals surface area contributed by atoms with E-state index in [9.17, 15) is 10.1 Å². The molecule has 0 spiro atoms. The van der Waals surface area contributed by atoms with Crippen LogP contribution in [0.5, 0.6) is 0 Å². The Hall–Kier alpha value is -2.33. The number of rotatable bonds is 2. The molecule has 0 atom stereocenters. The average Bonchev–Trinajstić information content (AvgIpc) is 2.85. The van der Waals surface area contributed by atoms with Gasteiger partial charge >= 0.3 is 0 Å². The van der Waals surface area contributed by atoms with Gasteiger partial charge in [-0.3, -0.25) is 4.79 Å². The third kappa shape index (κ3) is 1.99. The molecule has 0 unspecified atom stereocenters. The zero-order valence-electron chi connectivity index (χ0n) is 12.3. The molecule has 0 amide bonds. The van der Waals surface area contributed by atoms with Crippen LogP contribution in [0, 0.1) is 11.3 Å². The number of aryl methyl sites for hydroxylation is 2.